The van der Waals surface area contributed by atoms with Crippen molar-refractivity contribution in [1.29, 1.82) is 0 Å². The predicted molar refractivity (Wildman–Crippen MR) is 110 cm³/mol. The summed E-state index contributed by atoms with van der Waals surface area (Å²) in [5, 5.41) is 2.77. The number of carbonyl (C=O) groups excluding carboxylic acids is 1. The first-order valence-corrected chi connectivity index (χ1v) is 11.4. The number of para-hydroxylation sites is 1. The number of hydrogen-bond acceptors (Lipinski definition) is 5. The van der Waals surface area contributed by atoms with Crippen molar-refractivity contribution in [3.63, 3.8) is 0 Å². The van der Waals surface area contributed by atoms with Crippen LogP contribution in [0.25, 0.3) is 0 Å². The van der Waals surface area contributed by atoms with Gasteiger partial charge in [0.25, 0.3) is 5.91 Å². The number of nitrogens with one attached hydrogen (secondary N) is 2. The van der Waals surface area contributed by atoms with Crippen LogP contribution in [0.4, 0.5) is 5.69 Å². The molecule has 1 aliphatic rings. The molecule has 2 aromatic rings. The summed E-state index contributed by atoms with van der Waals surface area (Å²) in [6, 6.07) is 12.3. The van der Waals surface area contributed by atoms with Crippen LogP contribution in [0.1, 0.15) is 24.4 Å². The molecule has 2 atom stereocenters. The van der Waals surface area contributed by atoms with Gasteiger partial charge in [0.2, 0.25) is 0 Å². The van der Waals surface area contributed by atoms with Crippen molar-refractivity contribution >= 4 is 21.4 Å². The van der Waals surface area contributed by atoms with Crippen molar-refractivity contribution < 1.29 is 27.6 Å². The van der Waals surface area contributed by atoms with Crippen molar-refractivity contribution in [2.75, 3.05) is 38.9 Å². The molecule has 0 aromatic heterocycles. The maximum Gasteiger partial charge on any atom is 0.279 e. The standard InChI is InChI=1S/C21H26N2O5S/c1-27-15-10-11-19(28-2)16(13-15)18-8-6-12-23(18)14-21(24)22-17-7-4-5-9-20(17)29(3,25)26/h4-5,7,9-11,13,18H,6,8,12,14H2,1-3H3,(H,22,24)/p+1/t18-/m1/s1. The molecule has 1 amide bonds. The number of amides is 1. The monoisotopic (exact) mass is 419 g/mol. The quantitative estimate of drug-likeness (QED) is 0.710. The first-order chi connectivity index (χ1) is 13.8. The van der Waals surface area contributed by atoms with Crippen molar-refractivity contribution in [3.8, 4) is 11.5 Å². The second kappa shape index (κ2) is 8.84. The second-order valence-electron chi connectivity index (χ2n) is 7.20. The average molecular weight is 420 g/mol. The van der Waals surface area contributed by atoms with E-state index >= 15 is 0 Å². The van der Waals surface area contributed by atoms with Gasteiger partial charge in [-0.2, -0.15) is 0 Å². The summed E-state index contributed by atoms with van der Waals surface area (Å²) >= 11 is 0. The summed E-state index contributed by atoms with van der Waals surface area (Å²) in [5.41, 5.74) is 1.33. The Morgan fingerprint density at radius 2 is 1.93 bits per heavy atom. The van der Waals surface area contributed by atoms with E-state index in [1.54, 1.807) is 32.4 Å². The molecule has 2 N–H and O–H groups in total. The molecule has 8 heteroatoms. The van der Waals surface area contributed by atoms with Gasteiger partial charge in [-0.15, -0.1) is 0 Å². The van der Waals surface area contributed by atoms with Gasteiger partial charge in [-0.25, -0.2) is 8.42 Å². The highest BCUT2D eigenvalue weighted by Crippen LogP contribution is 2.31. The highest BCUT2D eigenvalue weighted by atomic mass is 32.2. The molecule has 0 spiro atoms. The normalized spacial score (nSPS) is 19.0. The SMILES string of the molecule is COc1ccc(OC)c([C@H]2CCC[NH+]2CC(=O)Nc2ccccc2S(C)(=O)=O)c1. The van der Waals surface area contributed by atoms with E-state index in [1.165, 1.54) is 6.07 Å². The van der Waals surface area contributed by atoms with E-state index in [0.717, 1.165) is 47.6 Å². The van der Waals surface area contributed by atoms with Crippen LogP contribution in [0.5, 0.6) is 11.5 Å². The third kappa shape index (κ3) is 4.89. The molecule has 2 aromatic carbocycles. The van der Waals surface area contributed by atoms with E-state index in [1.807, 2.05) is 18.2 Å². The van der Waals surface area contributed by atoms with Gasteiger partial charge in [-0.1, -0.05) is 12.1 Å². The van der Waals surface area contributed by atoms with Gasteiger partial charge in [0.15, 0.2) is 16.4 Å². The molecule has 0 saturated carbocycles. The van der Waals surface area contributed by atoms with Crippen molar-refractivity contribution in [2.45, 2.75) is 23.8 Å². The van der Waals surface area contributed by atoms with E-state index in [4.69, 9.17) is 9.47 Å². The number of carbonyl (C=O) groups is 1. The zero-order valence-electron chi connectivity index (χ0n) is 16.9. The Morgan fingerprint density at radius 1 is 1.17 bits per heavy atom. The molecular formula is C21H27N2O5S+. The Balaban J connectivity index is 1.78. The van der Waals surface area contributed by atoms with E-state index in [0.29, 0.717) is 5.69 Å². The Morgan fingerprint density at radius 3 is 2.62 bits per heavy atom. The summed E-state index contributed by atoms with van der Waals surface area (Å²) in [6.45, 7) is 1.09. The molecule has 3 rings (SSSR count). The van der Waals surface area contributed by atoms with Gasteiger partial charge >= 0.3 is 0 Å². The number of likely N-dealkylation sites (tertiary alicyclic amines) is 1. The summed E-state index contributed by atoms with van der Waals surface area (Å²) in [6.07, 6.45) is 3.06. The minimum Gasteiger partial charge on any atom is -0.497 e. The summed E-state index contributed by atoms with van der Waals surface area (Å²) in [7, 11) is -0.173. The van der Waals surface area contributed by atoms with Gasteiger partial charge in [0.05, 0.1) is 36.9 Å². The van der Waals surface area contributed by atoms with Gasteiger partial charge in [-0.3, -0.25) is 4.79 Å². The van der Waals surface area contributed by atoms with Crippen LogP contribution in [0.2, 0.25) is 0 Å². The molecule has 1 heterocycles. The number of quaternary nitrogens is 1. The van der Waals surface area contributed by atoms with E-state index in [2.05, 4.69) is 5.32 Å². The summed E-state index contributed by atoms with van der Waals surface area (Å²) in [4.78, 5) is 14.0. The minimum absolute atomic E-state index is 0.107. The summed E-state index contributed by atoms with van der Waals surface area (Å²) < 4.78 is 34.8. The van der Waals surface area contributed by atoms with Gasteiger partial charge in [0.1, 0.15) is 17.5 Å². The van der Waals surface area contributed by atoms with E-state index in [-0.39, 0.29) is 23.4 Å². The largest absolute Gasteiger partial charge is 0.497 e. The molecule has 1 unspecified atom stereocenters. The van der Waals surface area contributed by atoms with Crippen LogP contribution < -0.4 is 19.7 Å². The highest BCUT2D eigenvalue weighted by molar-refractivity contribution is 7.90. The number of ether oxygens (including phenoxy) is 2. The first kappa shape index (κ1) is 21.1. The lowest BCUT2D eigenvalue weighted by atomic mass is 10.0. The molecule has 0 radical (unpaired) electrons. The molecule has 1 saturated heterocycles. The number of hydrogen-bond donors (Lipinski definition) is 2. The van der Waals surface area contributed by atoms with Crippen LogP contribution in [0.15, 0.2) is 47.4 Å². The van der Waals surface area contributed by atoms with E-state index in [9.17, 15) is 13.2 Å². The molecule has 156 valence electrons. The lowest BCUT2D eigenvalue weighted by Crippen LogP contribution is -3.11. The first-order valence-electron chi connectivity index (χ1n) is 9.49. The number of methoxy groups -OCH3 is 2. The van der Waals surface area contributed by atoms with Crippen LogP contribution in [-0.4, -0.2) is 47.9 Å². The number of anilines is 1. The average Bonchev–Trinajstić information content (AvgIpc) is 3.14. The third-order valence-electron chi connectivity index (χ3n) is 5.24. The predicted octanol–water partition coefficient (Wildman–Crippen LogP) is 1.47. The highest BCUT2D eigenvalue weighted by Gasteiger charge is 2.34. The maximum atomic E-state index is 12.7. The van der Waals surface area contributed by atoms with Crippen molar-refractivity contribution in [2.24, 2.45) is 0 Å². The third-order valence-corrected chi connectivity index (χ3v) is 6.40. The minimum atomic E-state index is -3.43. The topological polar surface area (TPSA) is 86.1 Å². The Bertz CT molecular complexity index is 990. The van der Waals surface area contributed by atoms with Crippen LogP contribution in [0.3, 0.4) is 0 Å². The Kier molecular flexibility index (Phi) is 6.44. The summed E-state index contributed by atoms with van der Waals surface area (Å²) in [5.74, 6) is 1.31. The van der Waals surface area contributed by atoms with Crippen LogP contribution >= 0.6 is 0 Å². The van der Waals surface area contributed by atoms with Gasteiger partial charge < -0.3 is 19.7 Å². The lowest BCUT2D eigenvalue weighted by molar-refractivity contribution is -0.910. The smallest absolute Gasteiger partial charge is 0.279 e. The number of sulfone groups is 1. The van der Waals surface area contributed by atoms with Gasteiger partial charge in [-0.05, 0) is 30.3 Å². The Hall–Kier alpha value is -2.58. The lowest BCUT2D eigenvalue weighted by Gasteiger charge is -2.23. The molecule has 1 aliphatic heterocycles. The molecule has 29 heavy (non-hydrogen) atoms. The van der Waals surface area contributed by atoms with Crippen LogP contribution in [0, 0.1) is 0 Å². The molecule has 1 fully saturated rings. The fourth-order valence-electron chi connectivity index (χ4n) is 3.90. The maximum absolute atomic E-state index is 12.7. The van der Waals surface area contributed by atoms with Crippen LogP contribution in [-0.2, 0) is 14.6 Å². The van der Waals surface area contributed by atoms with E-state index < -0.39 is 9.84 Å². The zero-order chi connectivity index (χ0) is 21.0. The molecular weight excluding hydrogens is 392 g/mol. The van der Waals surface area contributed by atoms with Crippen molar-refractivity contribution in [1.82, 2.24) is 0 Å². The molecule has 0 bridgehead atoms. The van der Waals surface area contributed by atoms with Gasteiger partial charge in [0, 0.05) is 19.1 Å². The fourth-order valence-corrected chi connectivity index (χ4v) is 4.75. The number of rotatable bonds is 7. The Labute approximate surface area is 171 Å². The second-order valence-corrected chi connectivity index (χ2v) is 9.19. The number of benzene rings is 2. The molecule has 7 nitrogen and oxygen atoms in total. The fraction of sp³-hybridized carbons (Fsp3) is 0.381. The molecule has 0 aliphatic carbocycles. The zero-order valence-corrected chi connectivity index (χ0v) is 17.7. The van der Waals surface area contributed by atoms with Crippen molar-refractivity contribution in [3.05, 3.63) is 48.0 Å².